The fourth-order valence-electron chi connectivity index (χ4n) is 5.29. The molecule has 2 aromatic rings. The van der Waals surface area contributed by atoms with Crippen LogP contribution < -0.4 is 9.47 Å². The number of ether oxygens (including phenoxy) is 4. The minimum atomic E-state index is -0.592. The van der Waals surface area contributed by atoms with Gasteiger partial charge in [-0.05, 0) is 48.7 Å². The first kappa shape index (κ1) is 22.6. The number of para-hydroxylation sites is 1. The molecule has 2 aliphatic carbocycles. The van der Waals surface area contributed by atoms with Gasteiger partial charge in [0.05, 0.1) is 23.8 Å². The van der Waals surface area contributed by atoms with E-state index in [1.807, 2.05) is 0 Å². The van der Waals surface area contributed by atoms with E-state index in [1.54, 1.807) is 24.3 Å². The average molecular weight is 529 g/mol. The SMILES string of the molecule is COc1ccccc1C(=O)Oc1ccc(C(=O)COC(=O)[C@@H]2[C@H]3C[C@H]4[C@H](OC(=O)[C@@H]42)[C@@H]3Br)cc1. The zero-order valence-electron chi connectivity index (χ0n) is 18.1. The summed E-state index contributed by atoms with van der Waals surface area (Å²) in [6.45, 7) is -0.439. The fraction of sp³-hybridized carbons (Fsp3) is 0.360. The van der Waals surface area contributed by atoms with Crippen LogP contribution in [0.1, 0.15) is 27.1 Å². The van der Waals surface area contributed by atoms with Gasteiger partial charge in [-0.2, -0.15) is 0 Å². The molecule has 1 aliphatic heterocycles. The van der Waals surface area contributed by atoms with Crippen molar-refractivity contribution in [2.75, 3.05) is 13.7 Å². The number of hydrogen-bond acceptors (Lipinski definition) is 8. The molecule has 34 heavy (non-hydrogen) atoms. The average Bonchev–Trinajstić information content (AvgIpc) is 3.47. The zero-order valence-corrected chi connectivity index (χ0v) is 19.7. The van der Waals surface area contributed by atoms with Crippen LogP contribution in [0.4, 0.5) is 0 Å². The number of hydrogen-bond donors (Lipinski definition) is 0. The van der Waals surface area contributed by atoms with Gasteiger partial charge in [-0.15, -0.1) is 0 Å². The zero-order chi connectivity index (χ0) is 24.0. The quantitative estimate of drug-likeness (QED) is 0.233. The van der Waals surface area contributed by atoms with Gasteiger partial charge in [-0.1, -0.05) is 28.1 Å². The molecule has 9 heteroatoms. The molecule has 0 radical (unpaired) electrons. The van der Waals surface area contributed by atoms with Crippen LogP contribution in [0.5, 0.6) is 11.5 Å². The maximum absolute atomic E-state index is 12.7. The van der Waals surface area contributed by atoms with E-state index in [0.717, 1.165) is 6.42 Å². The Morgan fingerprint density at radius 1 is 1.06 bits per heavy atom. The number of rotatable bonds is 7. The molecule has 2 aromatic carbocycles. The second-order valence-electron chi connectivity index (χ2n) is 8.61. The summed E-state index contributed by atoms with van der Waals surface area (Å²) in [5.74, 6) is -2.33. The Hall–Kier alpha value is -3.20. The first-order valence-corrected chi connectivity index (χ1v) is 11.8. The van der Waals surface area contributed by atoms with Crippen molar-refractivity contribution in [1.29, 1.82) is 0 Å². The van der Waals surface area contributed by atoms with Crippen molar-refractivity contribution < 1.29 is 38.1 Å². The van der Waals surface area contributed by atoms with E-state index in [1.165, 1.54) is 31.4 Å². The molecular weight excluding hydrogens is 508 g/mol. The van der Waals surface area contributed by atoms with Crippen molar-refractivity contribution in [3.05, 3.63) is 59.7 Å². The van der Waals surface area contributed by atoms with Crippen LogP contribution in [0.15, 0.2) is 48.5 Å². The Morgan fingerprint density at radius 3 is 2.53 bits per heavy atom. The van der Waals surface area contributed by atoms with Crippen molar-refractivity contribution in [3.8, 4) is 11.5 Å². The third-order valence-corrected chi connectivity index (χ3v) is 8.05. The molecule has 8 nitrogen and oxygen atoms in total. The van der Waals surface area contributed by atoms with E-state index in [4.69, 9.17) is 18.9 Å². The van der Waals surface area contributed by atoms with Gasteiger partial charge in [-0.3, -0.25) is 14.4 Å². The Labute approximate surface area is 203 Å². The Morgan fingerprint density at radius 2 is 1.79 bits per heavy atom. The van der Waals surface area contributed by atoms with Crippen molar-refractivity contribution >= 4 is 39.6 Å². The molecule has 3 aliphatic rings. The van der Waals surface area contributed by atoms with E-state index in [9.17, 15) is 19.2 Å². The normalized spacial score (nSPS) is 28.4. The van der Waals surface area contributed by atoms with Crippen molar-refractivity contribution in [2.24, 2.45) is 23.7 Å². The minimum absolute atomic E-state index is 0.0289. The Bertz CT molecular complexity index is 1160. The molecule has 0 unspecified atom stereocenters. The van der Waals surface area contributed by atoms with E-state index in [0.29, 0.717) is 11.3 Å². The predicted molar refractivity (Wildman–Crippen MR) is 121 cm³/mol. The van der Waals surface area contributed by atoms with Gasteiger partial charge < -0.3 is 18.9 Å². The molecule has 1 heterocycles. The molecule has 176 valence electrons. The molecule has 1 saturated heterocycles. The largest absolute Gasteiger partial charge is 0.496 e. The number of alkyl halides is 1. The van der Waals surface area contributed by atoms with Crippen LogP contribution in [0.3, 0.4) is 0 Å². The first-order chi connectivity index (χ1) is 16.4. The number of fused-ring (bicyclic) bond motifs is 1. The second kappa shape index (κ2) is 8.87. The van der Waals surface area contributed by atoms with Crippen LogP contribution in [-0.4, -0.2) is 48.3 Å². The number of esters is 3. The van der Waals surface area contributed by atoms with Crippen LogP contribution in [0, 0.1) is 23.7 Å². The number of methoxy groups -OCH3 is 1. The number of carbonyl (C=O) groups excluding carboxylic acids is 4. The number of ketones is 1. The topological polar surface area (TPSA) is 105 Å². The smallest absolute Gasteiger partial charge is 0.347 e. The lowest BCUT2D eigenvalue weighted by Gasteiger charge is -2.26. The molecule has 6 atom stereocenters. The molecule has 0 N–H and O–H groups in total. The summed E-state index contributed by atoms with van der Waals surface area (Å²) in [5, 5.41) is 0. The lowest BCUT2D eigenvalue weighted by Crippen LogP contribution is -2.39. The van der Waals surface area contributed by atoms with Crippen molar-refractivity contribution in [2.45, 2.75) is 17.4 Å². The Kier molecular flexibility index (Phi) is 5.89. The number of carbonyl (C=O) groups is 4. The molecule has 0 aromatic heterocycles. The highest BCUT2D eigenvalue weighted by atomic mass is 79.9. The summed E-state index contributed by atoms with van der Waals surface area (Å²) in [6.07, 6.45) is 0.559. The summed E-state index contributed by atoms with van der Waals surface area (Å²) in [7, 11) is 1.46. The highest BCUT2D eigenvalue weighted by Gasteiger charge is 2.68. The van der Waals surface area contributed by atoms with Gasteiger partial charge in [0.15, 0.2) is 12.4 Å². The van der Waals surface area contributed by atoms with Gasteiger partial charge in [0.25, 0.3) is 0 Å². The van der Waals surface area contributed by atoms with Crippen LogP contribution >= 0.6 is 15.9 Å². The third-order valence-electron chi connectivity index (χ3n) is 6.85. The standard InChI is InChI=1S/C25H21BrO8/c1-31-18-5-3-2-4-14(18)23(28)33-13-8-6-12(7-9-13)17(27)11-32-24(29)19-15-10-16-20(19)25(30)34-22(16)21(15)26/h2-9,15-16,19-22H,10-11H2,1H3/t15-,16-,19-,20+,21-,22+/m1/s1. The highest BCUT2D eigenvalue weighted by Crippen LogP contribution is 2.60. The maximum atomic E-state index is 12.7. The maximum Gasteiger partial charge on any atom is 0.347 e. The summed E-state index contributed by atoms with van der Waals surface area (Å²) in [5.41, 5.74) is 0.581. The van der Waals surface area contributed by atoms with Gasteiger partial charge in [0.2, 0.25) is 0 Å². The molecular formula is C25H21BrO8. The number of halogens is 1. The summed E-state index contributed by atoms with van der Waals surface area (Å²) in [4.78, 5) is 49.8. The molecule has 5 rings (SSSR count). The van der Waals surface area contributed by atoms with Gasteiger partial charge in [0.1, 0.15) is 23.2 Å². The molecule has 2 bridgehead atoms. The van der Waals surface area contributed by atoms with Gasteiger partial charge >= 0.3 is 17.9 Å². The monoisotopic (exact) mass is 528 g/mol. The molecule has 2 saturated carbocycles. The summed E-state index contributed by atoms with van der Waals surface area (Å²) in [6, 6.07) is 12.7. The van der Waals surface area contributed by atoms with E-state index in [2.05, 4.69) is 15.9 Å². The summed E-state index contributed by atoms with van der Waals surface area (Å²) < 4.78 is 21.2. The number of Topliss-reactive ketones (excluding diaryl/α,β-unsaturated/α-hetero) is 1. The van der Waals surface area contributed by atoms with Crippen LogP contribution in [-0.2, 0) is 19.1 Å². The van der Waals surface area contributed by atoms with Crippen molar-refractivity contribution in [1.82, 2.24) is 0 Å². The fourth-order valence-corrected chi connectivity index (χ4v) is 6.34. The van der Waals surface area contributed by atoms with E-state index in [-0.39, 0.29) is 40.0 Å². The highest BCUT2D eigenvalue weighted by molar-refractivity contribution is 9.09. The van der Waals surface area contributed by atoms with E-state index >= 15 is 0 Å². The van der Waals surface area contributed by atoms with E-state index < -0.39 is 36.2 Å². The van der Waals surface area contributed by atoms with Gasteiger partial charge in [0, 0.05) is 11.5 Å². The first-order valence-electron chi connectivity index (χ1n) is 10.9. The predicted octanol–water partition coefficient (Wildman–Crippen LogP) is 3.21. The molecule has 0 spiro atoms. The molecule has 3 fully saturated rings. The van der Waals surface area contributed by atoms with Crippen LogP contribution in [0.2, 0.25) is 0 Å². The van der Waals surface area contributed by atoms with Gasteiger partial charge in [-0.25, -0.2) is 4.79 Å². The lowest BCUT2D eigenvalue weighted by atomic mass is 9.80. The molecule has 0 amide bonds. The minimum Gasteiger partial charge on any atom is -0.496 e. The Balaban J connectivity index is 1.18. The lowest BCUT2D eigenvalue weighted by molar-refractivity contribution is -0.154. The third kappa shape index (κ3) is 3.77. The van der Waals surface area contributed by atoms with Crippen molar-refractivity contribution in [3.63, 3.8) is 0 Å². The number of benzene rings is 2. The summed E-state index contributed by atoms with van der Waals surface area (Å²) >= 11 is 3.55. The second-order valence-corrected chi connectivity index (χ2v) is 9.66. The van der Waals surface area contributed by atoms with Crippen LogP contribution in [0.25, 0.3) is 0 Å².